The quantitative estimate of drug-likeness (QED) is 0.924. The Morgan fingerprint density at radius 2 is 1.81 bits per heavy atom. The lowest BCUT2D eigenvalue weighted by atomic mass is 9.98. The normalized spacial score (nSPS) is 20.4. The number of anilines is 2. The summed E-state index contributed by atoms with van der Waals surface area (Å²) < 4.78 is 6.17. The van der Waals surface area contributed by atoms with Crippen LogP contribution < -0.4 is 10.2 Å². The number of nitrogens with one attached hydrogen (secondary N) is 1. The lowest BCUT2D eigenvalue weighted by molar-refractivity contribution is -0.133. The van der Waals surface area contributed by atoms with Crippen molar-refractivity contribution in [3.05, 3.63) is 11.9 Å². The average molecular weight is 292 g/mol. The highest BCUT2D eigenvalue weighted by Gasteiger charge is 2.39. The Hall–Kier alpha value is -1.36. The van der Waals surface area contributed by atoms with E-state index in [0.717, 1.165) is 37.6 Å². The minimum atomic E-state index is -0.185. The van der Waals surface area contributed by atoms with Crippen molar-refractivity contribution >= 4 is 11.6 Å². The summed E-state index contributed by atoms with van der Waals surface area (Å²) in [6, 6.07) is 0. The molecule has 0 spiro atoms. The molecule has 0 atom stereocenters. The summed E-state index contributed by atoms with van der Waals surface area (Å²) in [5.74, 6) is 1.98. The van der Waals surface area contributed by atoms with E-state index in [4.69, 9.17) is 4.74 Å². The van der Waals surface area contributed by atoms with Crippen LogP contribution >= 0.6 is 0 Å². The molecule has 118 valence electrons. The van der Waals surface area contributed by atoms with Gasteiger partial charge in [-0.2, -0.15) is 0 Å². The molecule has 1 aromatic heterocycles. The minimum Gasteiger partial charge on any atom is -0.373 e. The summed E-state index contributed by atoms with van der Waals surface area (Å²) >= 11 is 0. The molecule has 0 unspecified atom stereocenters. The minimum absolute atomic E-state index is 0.185. The molecule has 0 amide bonds. The molecule has 5 heteroatoms. The van der Waals surface area contributed by atoms with Crippen LogP contribution in [0.2, 0.25) is 0 Å². The summed E-state index contributed by atoms with van der Waals surface area (Å²) in [4.78, 5) is 11.3. The van der Waals surface area contributed by atoms with Crippen molar-refractivity contribution in [2.24, 2.45) is 0 Å². The van der Waals surface area contributed by atoms with Crippen molar-refractivity contribution in [2.45, 2.75) is 58.7 Å². The molecular weight excluding hydrogens is 264 g/mol. The number of hydrogen-bond acceptors (Lipinski definition) is 5. The van der Waals surface area contributed by atoms with Gasteiger partial charge in [-0.15, -0.1) is 0 Å². The molecule has 0 radical (unpaired) electrons. The Balaban J connectivity index is 2.40. The third kappa shape index (κ3) is 3.64. The van der Waals surface area contributed by atoms with E-state index in [1.807, 2.05) is 7.05 Å². The van der Waals surface area contributed by atoms with Crippen molar-refractivity contribution in [3.63, 3.8) is 0 Å². The Morgan fingerprint density at radius 1 is 1.19 bits per heavy atom. The molecule has 1 aromatic rings. The van der Waals surface area contributed by atoms with Gasteiger partial charge in [-0.1, -0.05) is 13.3 Å². The van der Waals surface area contributed by atoms with Crippen LogP contribution in [0.5, 0.6) is 0 Å². The zero-order chi connectivity index (χ0) is 15.7. The van der Waals surface area contributed by atoms with Crippen molar-refractivity contribution in [1.82, 2.24) is 9.97 Å². The molecule has 0 bridgehead atoms. The molecule has 2 heterocycles. The topological polar surface area (TPSA) is 50.3 Å². The summed E-state index contributed by atoms with van der Waals surface area (Å²) in [5, 5.41) is 3.19. The van der Waals surface area contributed by atoms with E-state index < -0.39 is 0 Å². The van der Waals surface area contributed by atoms with Crippen LogP contribution in [0.15, 0.2) is 6.33 Å². The largest absolute Gasteiger partial charge is 0.373 e. The number of morpholine rings is 1. The standard InChI is InChI=1S/C16H28N4O/c1-7-8-12-13(17-6)18-11-19-14(12)20-9-15(2,3)21-16(4,5)10-20/h11H,7-10H2,1-6H3,(H,17,18,19). The Labute approximate surface area is 128 Å². The van der Waals surface area contributed by atoms with Crippen LogP contribution in [0.3, 0.4) is 0 Å². The zero-order valence-corrected chi connectivity index (χ0v) is 14.2. The summed E-state index contributed by atoms with van der Waals surface area (Å²) in [5.41, 5.74) is 0.836. The molecule has 21 heavy (non-hydrogen) atoms. The van der Waals surface area contributed by atoms with Gasteiger partial charge in [-0.3, -0.25) is 0 Å². The third-order valence-corrected chi connectivity index (χ3v) is 3.65. The number of hydrogen-bond donors (Lipinski definition) is 1. The van der Waals surface area contributed by atoms with Gasteiger partial charge in [-0.05, 0) is 34.1 Å². The average Bonchev–Trinajstić information content (AvgIpc) is 2.35. The molecule has 0 saturated carbocycles. The monoisotopic (exact) mass is 292 g/mol. The Morgan fingerprint density at radius 3 is 2.33 bits per heavy atom. The molecule has 2 rings (SSSR count). The first kappa shape index (κ1) is 16.0. The molecule has 0 aliphatic carbocycles. The van der Waals surface area contributed by atoms with E-state index in [-0.39, 0.29) is 11.2 Å². The molecular formula is C16H28N4O. The zero-order valence-electron chi connectivity index (χ0n) is 14.2. The fourth-order valence-corrected chi connectivity index (χ4v) is 3.31. The third-order valence-electron chi connectivity index (χ3n) is 3.65. The van der Waals surface area contributed by atoms with Gasteiger partial charge in [-0.25, -0.2) is 9.97 Å². The molecule has 1 N–H and O–H groups in total. The number of nitrogens with zero attached hydrogens (tertiary/aromatic N) is 3. The molecule has 1 fully saturated rings. The van der Waals surface area contributed by atoms with Gasteiger partial charge in [0, 0.05) is 25.7 Å². The van der Waals surface area contributed by atoms with Gasteiger partial charge in [0.25, 0.3) is 0 Å². The number of rotatable bonds is 4. The highest BCUT2D eigenvalue weighted by molar-refractivity contribution is 5.59. The van der Waals surface area contributed by atoms with Gasteiger partial charge in [0.2, 0.25) is 0 Å². The van der Waals surface area contributed by atoms with E-state index in [2.05, 4.69) is 54.8 Å². The van der Waals surface area contributed by atoms with Crippen LogP contribution in [0.1, 0.15) is 46.6 Å². The van der Waals surface area contributed by atoms with E-state index in [0.29, 0.717) is 0 Å². The maximum Gasteiger partial charge on any atom is 0.137 e. The van der Waals surface area contributed by atoms with E-state index in [9.17, 15) is 0 Å². The fourth-order valence-electron chi connectivity index (χ4n) is 3.31. The van der Waals surface area contributed by atoms with Gasteiger partial charge in [0.1, 0.15) is 18.0 Å². The Kier molecular flexibility index (Phi) is 4.42. The SMILES string of the molecule is CCCc1c(NC)ncnc1N1CC(C)(C)OC(C)(C)C1. The van der Waals surface area contributed by atoms with Crippen molar-refractivity contribution < 1.29 is 4.74 Å². The highest BCUT2D eigenvalue weighted by atomic mass is 16.5. The van der Waals surface area contributed by atoms with Gasteiger partial charge < -0.3 is 15.0 Å². The highest BCUT2D eigenvalue weighted by Crippen LogP contribution is 2.33. The van der Waals surface area contributed by atoms with Crippen LogP contribution in [0, 0.1) is 0 Å². The number of ether oxygens (including phenoxy) is 1. The van der Waals surface area contributed by atoms with Crippen molar-refractivity contribution in [2.75, 3.05) is 30.4 Å². The summed E-state index contributed by atoms with van der Waals surface area (Å²) in [6.45, 7) is 12.4. The van der Waals surface area contributed by atoms with Crippen LogP contribution in [0.25, 0.3) is 0 Å². The maximum absolute atomic E-state index is 6.17. The first-order valence-corrected chi connectivity index (χ1v) is 7.75. The molecule has 1 aliphatic heterocycles. The van der Waals surface area contributed by atoms with E-state index in [1.54, 1.807) is 6.33 Å². The second-order valence-corrected chi connectivity index (χ2v) is 7.00. The van der Waals surface area contributed by atoms with E-state index >= 15 is 0 Å². The predicted octanol–water partition coefficient (Wildman–Crippen LogP) is 2.86. The van der Waals surface area contributed by atoms with Gasteiger partial charge in [0.05, 0.1) is 11.2 Å². The van der Waals surface area contributed by atoms with E-state index in [1.165, 1.54) is 5.56 Å². The second kappa shape index (κ2) is 5.79. The number of aromatic nitrogens is 2. The molecule has 1 aliphatic rings. The predicted molar refractivity (Wildman–Crippen MR) is 87.0 cm³/mol. The molecule has 1 saturated heterocycles. The summed E-state index contributed by atoms with van der Waals surface area (Å²) in [6.07, 6.45) is 3.70. The van der Waals surface area contributed by atoms with Crippen molar-refractivity contribution in [3.8, 4) is 0 Å². The Bertz CT molecular complexity index is 483. The van der Waals surface area contributed by atoms with Crippen LogP contribution in [0.4, 0.5) is 11.6 Å². The van der Waals surface area contributed by atoms with Gasteiger partial charge >= 0.3 is 0 Å². The summed E-state index contributed by atoms with van der Waals surface area (Å²) in [7, 11) is 1.92. The first-order chi connectivity index (χ1) is 9.78. The van der Waals surface area contributed by atoms with Gasteiger partial charge in [0.15, 0.2) is 0 Å². The molecule has 5 nitrogen and oxygen atoms in total. The maximum atomic E-state index is 6.17. The smallest absolute Gasteiger partial charge is 0.137 e. The van der Waals surface area contributed by atoms with Crippen molar-refractivity contribution in [1.29, 1.82) is 0 Å². The van der Waals surface area contributed by atoms with Crippen LogP contribution in [-0.2, 0) is 11.2 Å². The second-order valence-electron chi connectivity index (χ2n) is 7.00. The first-order valence-electron chi connectivity index (χ1n) is 7.75. The lowest BCUT2D eigenvalue weighted by Crippen LogP contribution is -2.57. The van der Waals surface area contributed by atoms with Crippen LogP contribution in [-0.4, -0.2) is 41.3 Å². The lowest BCUT2D eigenvalue weighted by Gasteiger charge is -2.48. The fraction of sp³-hybridized carbons (Fsp3) is 0.750. The molecule has 0 aromatic carbocycles.